The Labute approximate surface area is 166 Å². The number of nitrogens with zero attached hydrogens (tertiary/aromatic N) is 1. The second kappa shape index (κ2) is 8.78. The van der Waals surface area contributed by atoms with E-state index in [0.29, 0.717) is 19.1 Å². The van der Waals surface area contributed by atoms with Crippen molar-refractivity contribution in [2.24, 2.45) is 5.92 Å². The Kier molecular flexibility index (Phi) is 6.16. The highest BCUT2D eigenvalue weighted by Gasteiger charge is 2.52. The molecule has 1 aromatic carbocycles. The van der Waals surface area contributed by atoms with E-state index in [1.165, 1.54) is 5.56 Å². The number of benzene rings is 1. The maximum Gasteiger partial charge on any atom is 0.315 e. The van der Waals surface area contributed by atoms with Gasteiger partial charge < -0.3 is 25.2 Å². The fraction of sp³-hybridized carbons (Fsp3) is 0.667. The summed E-state index contributed by atoms with van der Waals surface area (Å²) in [6, 6.07) is 9.63. The summed E-state index contributed by atoms with van der Waals surface area (Å²) in [7, 11) is 0. The van der Waals surface area contributed by atoms with E-state index >= 15 is 0 Å². The lowest BCUT2D eigenvalue weighted by molar-refractivity contribution is -0.184. The molecule has 3 aliphatic rings. The van der Waals surface area contributed by atoms with E-state index in [2.05, 4.69) is 45.9 Å². The Morgan fingerprint density at radius 1 is 1.25 bits per heavy atom. The molecular weight excluding hydrogens is 358 g/mol. The Balaban J connectivity index is 1.36. The first kappa shape index (κ1) is 19.6. The SMILES string of the molecule is CCNC(=O)N[C@H]1[C@H](O)[C@@H](N2CCC(Cc3ccccc3)CC2)[C@@H]2OC[C@H]1O2. The number of ether oxygens (including phenoxy) is 2. The fourth-order valence-corrected chi connectivity index (χ4v) is 4.73. The number of urea groups is 1. The number of amides is 2. The van der Waals surface area contributed by atoms with Gasteiger partial charge in [0, 0.05) is 6.54 Å². The molecule has 2 bridgehead atoms. The summed E-state index contributed by atoms with van der Waals surface area (Å²) >= 11 is 0. The quantitative estimate of drug-likeness (QED) is 0.703. The van der Waals surface area contributed by atoms with Gasteiger partial charge in [0.1, 0.15) is 6.10 Å². The van der Waals surface area contributed by atoms with Gasteiger partial charge in [-0.1, -0.05) is 30.3 Å². The van der Waals surface area contributed by atoms with Gasteiger partial charge >= 0.3 is 6.03 Å². The third-order valence-electron chi connectivity index (χ3n) is 6.20. The first-order chi connectivity index (χ1) is 13.7. The fourth-order valence-electron chi connectivity index (χ4n) is 4.73. The third-order valence-corrected chi connectivity index (χ3v) is 6.20. The summed E-state index contributed by atoms with van der Waals surface area (Å²) in [4.78, 5) is 14.3. The van der Waals surface area contributed by atoms with Crippen molar-refractivity contribution in [2.45, 2.75) is 56.8 Å². The molecule has 3 N–H and O–H groups in total. The predicted octanol–water partition coefficient (Wildman–Crippen LogP) is 1.11. The van der Waals surface area contributed by atoms with Crippen molar-refractivity contribution in [3.8, 4) is 0 Å². The van der Waals surface area contributed by atoms with Crippen LogP contribution in [0.25, 0.3) is 0 Å². The summed E-state index contributed by atoms with van der Waals surface area (Å²) in [6.07, 6.45) is 1.85. The van der Waals surface area contributed by atoms with Crippen LogP contribution in [0.5, 0.6) is 0 Å². The molecule has 2 amide bonds. The number of carbonyl (C=O) groups excluding carboxylic acids is 1. The van der Waals surface area contributed by atoms with Gasteiger partial charge in [0.15, 0.2) is 6.29 Å². The predicted molar refractivity (Wildman–Crippen MR) is 105 cm³/mol. The van der Waals surface area contributed by atoms with Gasteiger partial charge in [-0.2, -0.15) is 0 Å². The minimum absolute atomic E-state index is 0.247. The Bertz CT molecular complexity index is 650. The van der Waals surface area contributed by atoms with Gasteiger partial charge in [-0.25, -0.2) is 4.79 Å². The van der Waals surface area contributed by atoms with Crippen LogP contribution in [-0.2, 0) is 15.9 Å². The molecule has 0 spiro atoms. The molecule has 0 aromatic heterocycles. The molecule has 0 aliphatic carbocycles. The number of piperidine rings is 1. The normalized spacial score (nSPS) is 33.6. The minimum Gasteiger partial charge on any atom is -0.389 e. The van der Waals surface area contributed by atoms with Crippen LogP contribution in [0.2, 0.25) is 0 Å². The van der Waals surface area contributed by atoms with Crippen molar-refractivity contribution in [3.05, 3.63) is 35.9 Å². The number of hydrogen-bond donors (Lipinski definition) is 3. The number of aliphatic hydroxyl groups is 1. The van der Waals surface area contributed by atoms with Crippen molar-refractivity contribution < 1.29 is 19.4 Å². The summed E-state index contributed by atoms with van der Waals surface area (Å²) in [6.45, 7) is 4.61. The van der Waals surface area contributed by atoms with Gasteiger partial charge in [0.25, 0.3) is 0 Å². The number of carbonyl (C=O) groups is 1. The van der Waals surface area contributed by atoms with Gasteiger partial charge in [-0.3, -0.25) is 4.90 Å². The van der Waals surface area contributed by atoms with Crippen LogP contribution >= 0.6 is 0 Å². The number of hydrogen-bond acceptors (Lipinski definition) is 5. The van der Waals surface area contributed by atoms with E-state index in [1.54, 1.807) is 0 Å². The monoisotopic (exact) mass is 389 g/mol. The Hall–Kier alpha value is -1.67. The van der Waals surface area contributed by atoms with E-state index in [9.17, 15) is 9.90 Å². The molecule has 154 valence electrons. The molecule has 0 unspecified atom stereocenters. The van der Waals surface area contributed by atoms with Gasteiger partial charge in [-0.15, -0.1) is 0 Å². The summed E-state index contributed by atoms with van der Waals surface area (Å²) < 4.78 is 11.8. The van der Waals surface area contributed by atoms with Crippen molar-refractivity contribution in [2.75, 3.05) is 26.2 Å². The van der Waals surface area contributed by atoms with Crippen LogP contribution in [0.1, 0.15) is 25.3 Å². The average molecular weight is 389 g/mol. The lowest BCUT2D eigenvalue weighted by atomic mass is 9.87. The smallest absolute Gasteiger partial charge is 0.315 e. The molecule has 7 heteroatoms. The molecule has 3 heterocycles. The maximum atomic E-state index is 12.0. The summed E-state index contributed by atoms with van der Waals surface area (Å²) in [5.41, 5.74) is 1.38. The summed E-state index contributed by atoms with van der Waals surface area (Å²) in [5.74, 6) is 0.654. The van der Waals surface area contributed by atoms with Crippen LogP contribution < -0.4 is 10.6 Å². The molecule has 7 nitrogen and oxygen atoms in total. The molecule has 3 fully saturated rings. The number of aliphatic hydroxyl groups excluding tert-OH is 1. The Morgan fingerprint density at radius 2 is 2.00 bits per heavy atom. The van der Waals surface area contributed by atoms with Crippen LogP contribution in [0, 0.1) is 5.92 Å². The molecule has 0 radical (unpaired) electrons. The lowest BCUT2D eigenvalue weighted by Gasteiger charge is -2.46. The van der Waals surface area contributed by atoms with E-state index in [-0.39, 0.29) is 18.2 Å². The molecule has 3 saturated heterocycles. The second-order valence-corrected chi connectivity index (χ2v) is 8.06. The van der Waals surface area contributed by atoms with E-state index in [1.807, 2.05) is 6.92 Å². The van der Waals surface area contributed by atoms with Gasteiger partial charge in [-0.05, 0) is 50.8 Å². The van der Waals surface area contributed by atoms with Crippen LogP contribution in [0.3, 0.4) is 0 Å². The highest BCUT2D eigenvalue weighted by Crippen LogP contribution is 2.34. The standard InChI is InChI=1S/C21H31N3O4/c1-2-22-21(26)23-17-16-13-27-20(28-16)18(19(17)25)24-10-8-15(9-11-24)12-14-6-4-3-5-7-14/h3-7,15-20,25H,2,8-13H2,1H3,(H2,22,23,26)/t16-,17-,18-,19+,20-/m1/s1. The zero-order chi connectivity index (χ0) is 19.5. The zero-order valence-corrected chi connectivity index (χ0v) is 16.4. The molecular formula is C21H31N3O4. The molecule has 0 saturated carbocycles. The first-order valence-corrected chi connectivity index (χ1v) is 10.4. The average Bonchev–Trinajstić information content (AvgIpc) is 3.13. The number of nitrogens with one attached hydrogen (secondary N) is 2. The third kappa shape index (κ3) is 4.17. The second-order valence-electron chi connectivity index (χ2n) is 8.06. The first-order valence-electron chi connectivity index (χ1n) is 10.4. The highest BCUT2D eigenvalue weighted by molar-refractivity contribution is 5.74. The molecule has 1 aromatic rings. The van der Waals surface area contributed by atoms with Gasteiger partial charge in [0.2, 0.25) is 0 Å². The van der Waals surface area contributed by atoms with Crippen molar-refractivity contribution in [3.63, 3.8) is 0 Å². The number of likely N-dealkylation sites (tertiary alicyclic amines) is 1. The van der Waals surface area contributed by atoms with Crippen LogP contribution in [0.4, 0.5) is 4.79 Å². The summed E-state index contributed by atoms with van der Waals surface area (Å²) in [5, 5.41) is 16.6. The van der Waals surface area contributed by atoms with Crippen LogP contribution in [0.15, 0.2) is 30.3 Å². The van der Waals surface area contributed by atoms with E-state index < -0.39 is 18.4 Å². The van der Waals surface area contributed by atoms with Crippen molar-refractivity contribution in [1.29, 1.82) is 0 Å². The zero-order valence-electron chi connectivity index (χ0n) is 16.4. The van der Waals surface area contributed by atoms with Crippen molar-refractivity contribution in [1.82, 2.24) is 15.5 Å². The number of fused-ring (bicyclic) bond motifs is 2. The largest absolute Gasteiger partial charge is 0.389 e. The minimum atomic E-state index is -0.709. The van der Waals surface area contributed by atoms with E-state index in [4.69, 9.17) is 9.47 Å². The topological polar surface area (TPSA) is 83.1 Å². The van der Waals surface area contributed by atoms with Gasteiger partial charge in [0.05, 0.1) is 24.8 Å². The maximum absolute atomic E-state index is 12.0. The lowest BCUT2D eigenvalue weighted by Crippen LogP contribution is -2.66. The molecule has 5 atom stereocenters. The number of rotatable bonds is 5. The molecule has 28 heavy (non-hydrogen) atoms. The van der Waals surface area contributed by atoms with E-state index in [0.717, 1.165) is 32.4 Å². The Morgan fingerprint density at radius 3 is 2.71 bits per heavy atom. The van der Waals surface area contributed by atoms with Crippen LogP contribution in [-0.4, -0.2) is 72.9 Å². The van der Waals surface area contributed by atoms with Crippen molar-refractivity contribution >= 4 is 6.03 Å². The molecule has 3 aliphatic heterocycles. The molecule has 4 rings (SSSR count). The highest BCUT2D eigenvalue weighted by atomic mass is 16.7.